The fourth-order valence-electron chi connectivity index (χ4n) is 3.19. The molecule has 0 saturated heterocycles. The van der Waals surface area contributed by atoms with Gasteiger partial charge in [0.25, 0.3) is 0 Å². The fraction of sp³-hybridized carbons (Fsp3) is 0.684. The van der Waals surface area contributed by atoms with Crippen molar-refractivity contribution in [3.63, 3.8) is 0 Å². The van der Waals surface area contributed by atoms with E-state index < -0.39 is 0 Å². The van der Waals surface area contributed by atoms with E-state index in [0.29, 0.717) is 11.5 Å². The molecule has 0 radical (unpaired) electrons. The van der Waals surface area contributed by atoms with E-state index in [2.05, 4.69) is 78.9 Å². The minimum atomic E-state index is 0.419. The molecule has 1 aromatic rings. The maximum Gasteiger partial charge on any atom is 0.0236 e. The molecule has 0 atom stereocenters. The lowest BCUT2D eigenvalue weighted by Gasteiger charge is -2.39. The summed E-state index contributed by atoms with van der Waals surface area (Å²) >= 11 is 3.81. The Hall–Kier alpha value is -0.340. The first-order valence-electron chi connectivity index (χ1n) is 8.41. The molecule has 0 aliphatic rings. The summed E-state index contributed by atoms with van der Waals surface area (Å²) in [4.78, 5) is 2.64. The van der Waals surface area contributed by atoms with Crippen LogP contribution in [0.25, 0.3) is 0 Å². The highest BCUT2D eigenvalue weighted by atomic mass is 79.9. The van der Waals surface area contributed by atoms with Crippen molar-refractivity contribution in [2.75, 3.05) is 11.9 Å². The molecule has 1 aromatic carbocycles. The molecule has 0 spiro atoms. The molecule has 0 fully saturated rings. The molecule has 0 N–H and O–H groups in total. The van der Waals surface area contributed by atoms with Crippen LogP contribution in [0.2, 0.25) is 0 Å². The molecule has 0 bridgehead atoms. The summed E-state index contributed by atoms with van der Waals surface area (Å²) in [5, 5.41) is 1.11. The first kappa shape index (κ1) is 18.7. The van der Waals surface area contributed by atoms with Gasteiger partial charge in [0.2, 0.25) is 0 Å². The van der Waals surface area contributed by atoms with Crippen molar-refractivity contribution in [3.8, 4) is 0 Å². The van der Waals surface area contributed by atoms with Crippen LogP contribution in [0.3, 0.4) is 0 Å². The third kappa shape index (κ3) is 6.12. The second-order valence-corrected chi connectivity index (χ2v) is 7.18. The average molecular weight is 354 g/mol. The van der Waals surface area contributed by atoms with Crippen LogP contribution in [0.5, 0.6) is 0 Å². The van der Waals surface area contributed by atoms with Gasteiger partial charge in [-0.2, -0.15) is 0 Å². The Labute approximate surface area is 140 Å². The van der Waals surface area contributed by atoms with Crippen LogP contribution in [-0.4, -0.2) is 22.8 Å². The van der Waals surface area contributed by atoms with E-state index in [1.807, 2.05) is 0 Å². The van der Waals surface area contributed by atoms with Crippen molar-refractivity contribution < 1.29 is 0 Å². The Morgan fingerprint density at radius 3 is 2.05 bits per heavy atom. The second-order valence-electron chi connectivity index (χ2n) is 6.62. The quantitative estimate of drug-likeness (QED) is 0.474. The Balaban J connectivity index is 2.83. The summed E-state index contributed by atoms with van der Waals surface area (Å²) in [6, 6.07) is 11.4. The van der Waals surface area contributed by atoms with Crippen LogP contribution in [0.4, 0.5) is 0 Å². The lowest BCUT2D eigenvalue weighted by molar-refractivity contribution is 0.114. The van der Waals surface area contributed by atoms with Crippen molar-refractivity contribution >= 4 is 15.9 Å². The third-order valence-electron chi connectivity index (χ3n) is 4.34. The molecule has 0 aliphatic heterocycles. The molecule has 0 aromatic heterocycles. The fourth-order valence-corrected chi connectivity index (χ4v) is 3.93. The monoisotopic (exact) mass is 353 g/mol. The van der Waals surface area contributed by atoms with Gasteiger partial charge in [-0.3, -0.25) is 4.90 Å². The SMILES string of the molecule is CCCC(CBr)(CCC)CN(Cc1ccccc1)C(C)C. The predicted molar refractivity (Wildman–Crippen MR) is 98.0 cm³/mol. The van der Waals surface area contributed by atoms with Crippen LogP contribution in [0, 0.1) is 5.41 Å². The zero-order valence-electron chi connectivity index (χ0n) is 14.2. The van der Waals surface area contributed by atoms with Gasteiger partial charge in [0, 0.05) is 24.5 Å². The zero-order chi connectivity index (χ0) is 15.7. The molecule has 1 rings (SSSR count). The number of rotatable bonds is 10. The highest BCUT2D eigenvalue weighted by molar-refractivity contribution is 9.09. The lowest BCUT2D eigenvalue weighted by Crippen LogP contribution is -2.42. The molecule has 21 heavy (non-hydrogen) atoms. The van der Waals surface area contributed by atoms with Crippen molar-refractivity contribution in [2.24, 2.45) is 5.41 Å². The highest BCUT2D eigenvalue weighted by Gasteiger charge is 2.30. The Bertz CT molecular complexity index is 368. The van der Waals surface area contributed by atoms with Gasteiger partial charge in [-0.15, -0.1) is 0 Å². The van der Waals surface area contributed by atoms with Gasteiger partial charge in [0.05, 0.1) is 0 Å². The van der Waals surface area contributed by atoms with Crippen molar-refractivity contribution in [1.29, 1.82) is 0 Å². The average Bonchev–Trinajstić information content (AvgIpc) is 2.48. The normalized spacial score (nSPS) is 12.3. The van der Waals surface area contributed by atoms with Gasteiger partial charge in [-0.05, 0) is 37.7 Å². The smallest absolute Gasteiger partial charge is 0.0236 e. The molecule has 0 aliphatic carbocycles. The summed E-state index contributed by atoms with van der Waals surface area (Å²) in [5.41, 5.74) is 1.84. The molecule has 2 heteroatoms. The minimum absolute atomic E-state index is 0.419. The predicted octanol–water partition coefficient (Wildman–Crippen LogP) is 5.88. The number of benzene rings is 1. The van der Waals surface area contributed by atoms with Crippen molar-refractivity contribution in [1.82, 2.24) is 4.90 Å². The first-order chi connectivity index (χ1) is 10.1. The van der Waals surface area contributed by atoms with Crippen LogP contribution in [0.15, 0.2) is 30.3 Å². The summed E-state index contributed by atoms with van der Waals surface area (Å²) in [7, 11) is 0. The molecular formula is C19H32BrN. The Kier molecular flexibility index (Phi) is 8.58. The van der Waals surface area contributed by atoms with E-state index in [1.54, 1.807) is 0 Å². The molecule has 120 valence electrons. The van der Waals surface area contributed by atoms with Gasteiger partial charge in [-0.25, -0.2) is 0 Å². The van der Waals surface area contributed by atoms with Crippen LogP contribution >= 0.6 is 15.9 Å². The molecule has 0 saturated carbocycles. The van der Waals surface area contributed by atoms with Gasteiger partial charge in [0.15, 0.2) is 0 Å². The van der Waals surface area contributed by atoms with E-state index in [-0.39, 0.29) is 0 Å². The van der Waals surface area contributed by atoms with Crippen LogP contribution in [0.1, 0.15) is 58.9 Å². The van der Waals surface area contributed by atoms with Gasteiger partial charge in [-0.1, -0.05) is 73.0 Å². The number of hydrogen-bond acceptors (Lipinski definition) is 1. The number of alkyl halides is 1. The van der Waals surface area contributed by atoms with Crippen molar-refractivity contribution in [3.05, 3.63) is 35.9 Å². The number of nitrogens with zero attached hydrogens (tertiary/aromatic N) is 1. The Morgan fingerprint density at radius 1 is 1.05 bits per heavy atom. The van der Waals surface area contributed by atoms with E-state index in [0.717, 1.165) is 11.9 Å². The van der Waals surface area contributed by atoms with E-state index in [4.69, 9.17) is 0 Å². The van der Waals surface area contributed by atoms with Gasteiger partial charge >= 0.3 is 0 Å². The maximum atomic E-state index is 3.81. The molecule has 0 unspecified atom stereocenters. The third-order valence-corrected chi connectivity index (χ3v) is 5.53. The first-order valence-corrected chi connectivity index (χ1v) is 9.53. The molecular weight excluding hydrogens is 322 g/mol. The number of halogens is 1. The molecule has 1 nitrogen and oxygen atoms in total. The number of hydrogen-bond donors (Lipinski definition) is 0. The van der Waals surface area contributed by atoms with Crippen LogP contribution in [-0.2, 0) is 6.54 Å². The standard InChI is InChI=1S/C19H32BrN/c1-5-12-19(15-20,13-6-2)16-21(17(3)4)14-18-10-8-7-9-11-18/h7-11,17H,5-6,12-16H2,1-4H3. The Morgan fingerprint density at radius 2 is 1.62 bits per heavy atom. The lowest BCUT2D eigenvalue weighted by atomic mass is 9.80. The summed E-state index contributed by atoms with van der Waals surface area (Å²) in [5.74, 6) is 0. The van der Waals surface area contributed by atoms with E-state index in [9.17, 15) is 0 Å². The summed E-state index contributed by atoms with van der Waals surface area (Å²) < 4.78 is 0. The highest BCUT2D eigenvalue weighted by Crippen LogP contribution is 2.34. The summed E-state index contributed by atoms with van der Waals surface area (Å²) in [6.07, 6.45) is 5.15. The summed E-state index contributed by atoms with van der Waals surface area (Å²) in [6.45, 7) is 11.5. The molecule has 0 heterocycles. The second kappa shape index (κ2) is 9.63. The largest absolute Gasteiger partial charge is 0.296 e. The van der Waals surface area contributed by atoms with Crippen molar-refractivity contribution in [2.45, 2.75) is 66.0 Å². The van der Waals surface area contributed by atoms with E-state index >= 15 is 0 Å². The van der Waals surface area contributed by atoms with E-state index in [1.165, 1.54) is 37.8 Å². The van der Waals surface area contributed by atoms with Gasteiger partial charge < -0.3 is 0 Å². The van der Waals surface area contributed by atoms with Gasteiger partial charge in [0.1, 0.15) is 0 Å². The topological polar surface area (TPSA) is 3.24 Å². The van der Waals surface area contributed by atoms with Crippen LogP contribution < -0.4 is 0 Å². The maximum absolute atomic E-state index is 3.81. The minimum Gasteiger partial charge on any atom is -0.296 e. The molecule has 0 amide bonds. The zero-order valence-corrected chi connectivity index (χ0v) is 15.8.